The number of carbonyl (C=O) groups is 2. The lowest BCUT2D eigenvalue weighted by Gasteiger charge is -2.23. The van der Waals surface area contributed by atoms with Crippen LogP contribution in [-0.4, -0.2) is 48.3 Å². The van der Waals surface area contributed by atoms with Crippen molar-refractivity contribution in [2.75, 3.05) is 26.2 Å². The summed E-state index contributed by atoms with van der Waals surface area (Å²) in [4.78, 5) is 27.5. The molecule has 0 radical (unpaired) electrons. The number of hydrogen-bond acceptors (Lipinski definition) is 9. The van der Waals surface area contributed by atoms with Gasteiger partial charge < -0.3 is 19.3 Å². The van der Waals surface area contributed by atoms with Crippen molar-refractivity contribution in [3.8, 4) is 17.2 Å². The summed E-state index contributed by atoms with van der Waals surface area (Å²) in [6, 6.07) is 10.6. The molecule has 170 valence electrons. The van der Waals surface area contributed by atoms with Crippen LogP contribution in [0.15, 0.2) is 48.0 Å². The lowest BCUT2D eigenvalue weighted by atomic mass is 9.95. The maximum atomic E-state index is 13.2. The van der Waals surface area contributed by atoms with Crippen LogP contribution in [-0.2, 0) is 9.59 Å². The summed E-state index contributed by atoms with van der Waals surface area (Å²) >= 11 is 1.18. The van der Waals surface area contributed by atoms with Gasteiger partial charge in [-0.3, -0.25) is 14.5 Å². The number of aliphatic hydroxyl groups excluding tert-OH is 1. The van der Waals surface area contributed by atoms with Gasteiger partial charge in [0.05, 0.1) is 32.9 Å². The Morgan fingerprint density at radius 3 is 2.24 bits per heavy atom. The highest BCUT2D eigenvalue weighted by atomic mass is 32.1. The van der Waals surface area contributed by atoms with Gasteiger partial charge in [0.2, 0.25) is 5.13 Å². The van der Waals surface area contributed by atoms with E-state index in [1.54, 1.807) is 49.4 Å². The molecular formula is C23H21N3O6S. The lowest BCUT2D eigenvalue weighted by molar-refractivity contribution is -0.132. The van der Waals surface area contributed by atoms with E-state index >= 15 is 0 Å². The van der Waals surface area contributed by atoms with E-state index in [2.05, 4.69) is 10.2 Å². The fraction of sp³-hybridized carbons (Fsp3) is 0.217. The highest BCUT2D eigenvalue weighted by Crippen LogP contribution is 2.44. The van der Waals surface area contributed by atoms with Gasteiger partial charge in [-0.15, -0.1) is 10.2 Å². The van der Waals surface area contributed by atoms with Crippen molar-refractivity contribution in [3.63, 3.8) is 0 Å². The predicted molar refractivity (Wildman–Crippen MR) is 122 cm³/mol. The fourth-order valence-electron chi connectivity index (χ4n) is 3.66. The van der Waals surface area contributed by atoms with Gasteiger partial charge in [-0.05, 0) is 48.9 Å². The maximum absolute atomic E-state index is 13.2. The smallest absolute Gasteiger partial charge is 0.301 e. The number of aliphatic hydroxyl groups is 1. The number of methoxy groups -OCH3 is 3. The lowest BCUT2D eigenvalue weighted by Crippen LogP contribution is -2.29. The number of rotatable bonds is 6. The van der Waals surface area contributed by atoms with Gasteiger partial charge in [0.25, 0.3) is 5.78 Å². The molecule has 1 saturated heterocycles. The normalized spacial score (nSPS) is 17.3. The Bertz CT molecular complexity index is 1250. The molecule has 33 heavy (non-hydrogen) atoms. The fourth-order valence-corrected chi connectivity index (χ4v) is 4.37. The predicted octanol–water partition coefficient (Wildman–Crippen LogP) is 3.50. The zero-order valence-corrected chi connectivity index (χ0v) is 19.2. The molecule has 3 aromatic rings. The molecule has 1 aliphatic rings. The monoisotopic (exact) mass is 467 g/mol. The number of ether oxygens (including phenoxy) is 3. The number of aromatic nitrogens is 2. The highest BCUT2D eigenvalue weighted by molar-refractivity contribution is 7.15. The highest BCUT2D eigenvalue weighted by Gasteiger charge is 2.48. The first-order valence-electron chi connectivity index (χ1n) is 9.87. The quantitative estimate of drug-likeness (QED) is 0.333. The number of nitrogens with zero attached hydrogens (tertiary/aromatic N) is 3. The molecule has 1 unspecified atom stereocenters. The number of anilines is 1. The third-order valence-electron chi connectivity index (χ3n) is 5.25. The standard InChI is InChI=1S/C23H21N3O6S/c1-12-24-25-23(33-12)26-19(14-7-10-16(31-3)17(11-14)32-4)18(21(28)22(26)29)20(27)13-5-8-15(30-2)9-6-13/h5-11,19,27H,1-4H3. The number of hydrogen-bond donors (Lipinski definition) is 1. The molecule has 10 heteroatoms. The number of aryl methyl sites for hydroxylation is 1. The van der Waals surface area contributed by atoms with Crippen molar-refractivity contribution >= 4 is 33.9 Å². The first kappa shape index (κ1) is 22.3. The van der Waals surface area contributed by atoms with Crippen LogP contribution in [0, 0.1) is 6.92 Å². The van der Waals surface area contributed by atoms with Crippen LogP contribution in [0.4, 0.5) is 5.13 Å². The van der Waals surface area contributed by atoms with Gasteiger partial charge in [0, 0.05) is 5.56 Å². The van der Waals surface area contributed by atoms with E-state index in [-0.39, 0.29) is 16.5 Å². The zero-order valence-electron chi connectivity index (χ0n) is 18.4. The van der Waals surface area contributed by atoms with E-state index in [1.165, 1.54) is 37.6 Å². The van der Waals surface area contributed by atoms with Crippen molar-refractivity contribution in [2.45, 2.75) is 13.0 Å². The Labute approximate surface area is 193 Å². The summed E-state index contributed by atoms with van der Waals surface area (Å²) in [5.41, 5.74) is 0.840. The Balaban J connectivity index is 1.93. The Morgan fingerprint density at radius 2 is 1.67 bits per heavy atom. The van der Waals surface area contributed by atoms with Gasteiger partial charge in [0.1, 0.15) is 16.5 Å². The van der Waals surface area contributed by atoms with Crippen molar-refractivity contribution in [3.05, 3.63) is 64.2 Å². The van der Waals surface area contributed by atoms with E-state index in [1.807, 2.05) is 0 Å². The second kappa shape index (κ2) is 8.91. The zero-order chi connectivity index (χ0) is 23.7. The molecule has 0 saturated carbocycles. The largest absolute Gasteiger partial charge is 0.507 e. The van der Waals surface area contributed by atoms with Crippen molar-refractivity contribution in [1.82, 2.24) is 10.2 Å². The van der Waals surface area contributed by atoms with Crippen LogP contribution in [0.3, 0.4) is 0 Å². The van der Waals surface area contributed by atoms with E-state index in [0.717, 1.165) is 0 Å². The molecule has 2 heterocycles. The molecule has 0 aliphatic carbocycles. The average molecular weight is 468 g/mol. The molecule has 1 fully saturated rings. The van der Waals surface area contributed by atoms with E-state index in [4.69, 9.17) is 14.2 Å². The second-order valence-corrected chi connectivity index (χ2v) is 8.28. The molecule has 0 spiro atoms. The van der Waals surface area contributed by atoms with Crippen LogP contribution < -0.4 is 19.1 Å². The molecular weight excluding hydrogens is 446 g/mol. The Morgan fingerprint density at radius 1 is 0.970 bits per heavy atom. The third-order valence-corrected chi connectivity index (χ3v) is 6.09. The van der Waals surface area contributed by atoms with E-state index in [0.29, 0.717) is 33.4 Å². The van der Waals surface area contributed by atoms with Crippen LogP contribution in [0.5, 0.6) is 17.2 Å². The minimum absolute atomic E-state index is 0.0646. The van der Waals surface area contributed by atoms with Crippen molar-refractivity contribution in [1.29, 1.82) is 0 Å². The second-order valence-electron chi connectivity index (χ2n) is 7.12. The van der Waals surface area contributed by atoms with Gasteiger partial charge >= 0.3 is 5.91 Å². The van der Waals surface area contributed by atoms with Crippen LogP contribution in [0.2, 0.25) is 0 Å². The van der Waals surface area contributed by atoms with E-state index < -0.39 is 17.7 Å². The summed E-state index contributed by atoms with van der Waals surface area (Å²) in [6.45, 7) is 1.75. The minimum Gasteiger partial charge on any atom is -0.507 e. The average Bonchev–Trinajstić information content (AvgIpc) is 3.38. The molecule has 1 amide bonds. The SMILES string of the molecule is COc1ccc(C(O)=C2C(=O)C(=O)N(c3nnc(C)s3)C2c2ccc(OC)c(OC)c2)cc1. The van der Waals surface area contributed by atoms with Crippen LogP contribution >= 0.6 is 11.3 Å². The topological polar surface area (TPSA) is 111 Å². The molecule has 0 bridgehead atoms. The van der Waals surface area contributed by atoms with E-state index in [9.17, 15) is 14.7 Å². The molecule has 1 atom stereocenters. The van der Waals surface area contributed by atoms with Gasteiger partial charge in [-0.1, -0.05) is 17.4 Å². The summed E-state index contributed by atoms with van der Waals surface area (Å²) in [6.07, 6.45) is 0. The summed E-state index contributed by atoms with van der Waals surface area (Å²) in [5, 5.41) is 20.1. The van der Waals surface area contributed by atoms with Gasteiger partial charge in [-0.2, -0.15) is 0 Å². The maximum Gasteiger partial charge on any atom is 0.301 e. The van der Waals surface area contributed by atoms with Crippen LogP contribution in [0.1, 0.15) is 22.2 Å². The summed E-state index contributed by atoms with van der Waals surface area (Å²) < 4.78 is 15.9. The molecule has 1 aliphatic heterocycles. The summed E-state index contributed by atoms with van der Waals surface area (Å²) in [7, 11) is 4.53. The number of ketones is 1. The molecule has 9 nitrogen and oxygen atoms in total. The number of amides is 1. The third kappa shape index (κ3) is 3.89. The first-order chi connectivity index (χ1) is 15.9. The Kier molecular flexibility index (Phi) is 6.01. The number of carbonyl (C=O) groups excluding carboxylic acids is 2. The molecule has 1 N–H and O–H groups in total. The number of Topliss-reactive ketones (excluding diaryl/α,β-unsaturated/α-hetero) is 1. The van der Waals surface area contributed by atoms with Crippen molar-refractivity contribution < 1.29 is 28.9 Å². The summed E-state index contributed by atoms with van der Waals surface area (Å²) in [5.74, 6) is -0.442. The first-order valence-corrected chi connectivity index (χ1v) is 10.7. The number of benzene rings is 2. The molecule has 2 aromatic carbocycles. The van der Waals surface area contributed by atoms with Crippen LogP contribution in [0.25, 0.3) is 5.76 Å². The van der Waals surface area contributed by atoms with Gasteiger partial charge in [-0.25, -0.2) is 0 Å². The van der Waals surface area contributed by atoms with Gasteiger partial charge in [0.15, 0.2) is 11.5 Å². The van der Waals surface area contributed by atoms with Crippen molar-refractivity contribution in [2.24, 2.45) is 0 Å². The molecule has 4 rings (SSSR count). The Hall–Kier alpha value is -3.92. The molecule has 1 aromatic heterocycles. The minimum atomic E-state index is -0.945.